The Morgan fingerprint density at radius 1 is 0.469 bits per heavy atom. The Morgan fingerprint density at radius 2 is 0.781 bits per heavy atom. The van der Waals surface area contributed by atoms with Gasteiger partial charge in [-0.25, -0.2) is 0 Å². The van der Waals surface area contributed by atoms with Crippen LogP contribution in [0.4, 0.5) is 11.4 Å². The molecule has 0 unspecified atom stereocenters. The fourth-order valence-corrected chi connectivity index (χ4v) is 4.23. The third-order valence-corrected chi connectivity index (χ3v) is 5.97. The fraction of sp³-hybridized carbons (Fsp3) is 0.267. The minimum Gasteiger partial charge on any atom is -0.324 e. The van der Waals surface area contributed by atoms with Gasteiger partial charge in [0.15, 0.2) is 0 Å². The zero-order valence-electron chi connectivity index (χ0n) is 20.1. The molecule has 0 spiro atoms. The molecule has 2 aliphatic rings. The highest BCUT2D eigenvalue weighted by molar-refractivity contribution is 5.66. The molecule has 0 radical (unpaired) electrons. The van der Waals surface area contributed by atoms with Crippen LogP contribution in [0.5, 0.6) is 0 Å². The second kappa shape index (κ2) is 8.35. The first-order valence-electron chi connectivity index (χ1n) is 11.4. The van der Waals surface area contributed by atoms with Gasteiger partial charge in [-0.1, -0.05) is 77.9 Å². The maximum atomic E-state index is 2.26. The third kappa shape index (κ3) is 4.50. The molecule has 2 aromatic carbocycles. The normalized spacial score (nSPS) is 16.3. The minimum absolute atomic E-state index is 0.0959. The largest absolute Gasteiger partial charge is 0.324 e. The number of hydrogen-bond donors (Lipinski definition) is 0. The van der Waals surface area contributed by atoms with Crippen molar-refractivity contribution in [3.05, 3.63) is 120 Å². The standard InChI is InChI=1S/C30H34N2/c1-29(2,3)25-11-7-9-13-27(25)31-19-15-23(16-20-31)24-17-21-32(22-18-24)28-14-10-8-12-26(28)30(4,5)6/h7-22H,1-6H3. The highest BCUT2D eigenvalue weighted by Crippen LogP contribution is 2.35. The second-order valence-corrected chi connectivity index (χ2v) is 10.5. The number of hydrogen-bond acceptors (Lipinski definition) is 2. The Morgan fingerprint density at radius 3 is 1.09 bits per heavy atom. The van der Waals surface area contributed by atoms with E-state index in [4.69, 9.17) is 0 Å². The summed E-state index contributed by atoms with van der Waals surface area (Å²) in [5.74, 6) is 0. The highest BCUT2D eigenvalue weighted by atomic mass is 15.1. The van der Waals surface area contributed by atoms with E-state index in [1.807, 2.05) is 0 Å². The van der Waals surface area contributed by atoms with Gasteiger partial charge in [0.1, 0.15) is 0 Å². The van der Waals surface area contributed by atoms with Gasteiger partial charge in [0.25, 0.3) is 0 Å². The number of benzene rings is 2. The van der Waals surface area contributed by atoms with Crippen molar-refractivity contribution < 1.29 is 0 Å². The Bertz CT molecular complexity index is 1020. The average Bonchev–Trinajstić information content (AvgIpc) is 2.78. The summed E-state index contributed by atoms with van der Waals surface area (Å²) in [6.45, 7) is 13.6. The molecular formula is C30H34N2. The first-order chi connectivity index (χ1) is 15.1. The summed E-state index contributed by atoms with van der Waals surface area (Å²) in [4.78, 5) is 4.43. The van der Waals surface area contributed by atoms with Gasteiger partial charge in [0.05, 0.1) is 0 Å². The Balaban J connectivity index is 1.56. The van der Waals surface area contributed by atoms with Crippen LogP contribution in [0.15, 0.2) is 109 Å². The van der Waals surface area contributed by atoms with Gasteiger partial charge in [0.2, 0.25) is 0 Å². The molecule has 0 atom stereocenters. The van der Waals surface area contributed by atoms with Crippen molar-refractivity contribution in [1.29, 1.82) is 0 Å². The summed E-state index contributed by atoms with van der Waals surface area (Å²) in [7, 11) is 0. The van der Waals surface area contributed by atoms with Crippen LogP contribution in [0.2, 0.25) is 0 Å². The lowest BCUT2D eigenvalue weighted by atomic mass is 9.85. The Kier molecular flexibility index (Phi) is 5.73. The molecule has 32 heavy (non-hydrogen) atoms. The van der Waals surface area contributed by atoms with E-state index in [0.29, 0.717) is 0 Å². The molecule has 0 N–H and O–H groups in total. The van der Waals surface area contributed by atoms with Gasteiger partial charge < -0.3 is 9.80 Å². The predicted molar refractivity (Wildman–Crippen MR) is 139 cm³/mol. The van der Waals surface area contributed by atoms with Gasteiger partial charge in [-0.2, -0.15) is 0 Å². The molecule has 0 bridgehead atoms. The van der Waals surface area contributed by atoms with E-state index < -0.39 is 0 Å². The number of allylic oxidation sites excluding steroid dienone is 6. The summed E-state index contributed by atoms with van der Waals surface area (Å²) < 4.78 is 0. The molecule has 0 fully saturated rings. The van der Waals surface area contributed by atoms with Crippen LogP contribution in [-0.4, -0.2) is 0 Å². The smallest absolute Gasteiger partial charge is 0.0486 e. The number of para-hydroxylation sites is 2. The van der Waals surface area contributed by atoms with Crippen LogP contribution in [0.1, 0.15) is 52.7 Å². The zero-order valence-corrected chi connectivity index (χ0v) is 20.1. The van der Waals surface area contributed by atoms with E-state index in [-0.39, 0.29) is 10.8 Å². The summed E-state index contributed by atoms with van der Waals surface area (Å²) in [5, 5.41) is 0. The van der Waals surface area contributed by atoms with E-state index in [1.165, 1.54) is 33.6 Å². The molecule has 0 aliphatic carbocycles. The third-order valence-electron chi connectivity index (χ3n) is 5.97. The molecule has 164 valence electrons. The monoisotopic (exact) mass is 422 g/mol. The molecule has 2 heterocycles. The fourth-order valence-electron chi connectivity index (χ4n) is 4.23. The van der Waals surface area contributed by atoms with Crippen LogP contribution < -0.4 is 9.80 Å². The van der Waals surface area contributed by atoms with Crippen molar-refractivity contribution in [2.24, 2.45) is 0 Å². The van der Waals surface area contributed by atoms with Crippen LogP contribution in [0.25, 0.3) is 0 Å². The van der Waals surface area contributed by atoms with E-state index in [2.05, 4.69) is 149 Å². The van der Waals surface area contributed by atoms with E-state index >= 15 is 0 Å². The zero-order chi connectivity index (χ0) is 22.9. The summed E-state index contributed by atoms with van der Waals surface area (Å²) in [6, 6.07) is 17.3. The average molecular weight is 423 g/mol. The Hall–Kier alpha value is -3.26. The van der Waals surface area contributed by atoms with Gasteiger partial charge >= 0.3 is 0 Å². The number of nitrogens with zero attached hydrogens (tertiary/aromatic N) is 2. The summed E-state index contributed by atoms with van der Waals surface area (Å²) in [6.07, 6.45) is 17.4. The maximum absolute atomic E-state index is 2.26. The van der Waals surface area contributed by atoms with Crippen LogP contribution >= 0.6 is 0 Å². The van der Waals surface area contributed by atoms with Crippen molar-refractivity contribution in [2.45, 2.75) is 52.4 Å². The molecule has 4 rings (SSSR count). The first-order valence-corrected chi connectivity index (χ1v) is 11.4. The van der Waals surface area contributed by atoms with E-state index in [0.717, 1.165) is 0 Å². The topological polar surface area (TPSA) is 6.48 Å². The lowest BCUT2D eigenvalue weighted by Crippen LogP contribution is -2.19. The second-order valence-electron chi connectivity index (χ2n) is 10.5. The quantitative estimate of drug-likeness (QED) is 0.484. The lowest BCUT2D eigenvalue weighted by molar-refractivity contribution is 0.590. The summed E-state index contributed by atoms with van der Waals surface area (Å²) >= 11 is 0. The van der Waals surface area contributed by atoms with Crippen molar-refractivity contribution in [2.75, 3.05) is 9.80 Å². The summed E-state index contributed by atoms with van der Waals surface area (Å²) in [5.41, 5.74) is 7.77. The Labute approximate surface area is 193 Å². The van der Waals surface area contributed by atoms with Crippen molar-refractivity contribution in [3.63, 3.8) is 0 Å². The predicted octanol–water partition coefficient (Wildman–Crippen LogP) is 7.97. The molecule has 0 saturated heterocycles. The van der Waals surface area contributed by atoms with Crippen molar-refractivity contribution in [3.8, 4) is 0 Å². The van der Waals surface area contributed by atoms with E-state index in [1.54, 1.807) is 0 Å². The molecule has 0 amide bonds. The van der Waals surface area contributed by atoms with Crippen LogP contribution in [-0.2, 0) is 10.8 Å². The van der Waals surface area contributed by atoms with Gasteiger partial charge in [-0.3, -0.25) is 0 Å². The minimum atomic E-state index is 0.0959. The molecule has 2 nitrogen and oxygen atoms in total. The van der Waals surface area contributed by atoms with Crippen LogP contribution in [0.3, 0.4) is 0 Å². The maximum Gasteiger partial charge on any atom is 0.0486 e. The molecule has 0 aromatic heterocycles. The van der Waals surface area contributed by atoms with Gasteiger partial charge in [-0.05, 0) is 69.5 Å². The van der Waals surface area contributed by atoms with E-state index in [9.17, 15) is 0 Å². The molecule has 2 heteroatoms. The van der Waals surface area contributed by atoms with Crippen molar-refractivity contribution in [1.82, 2.24) is 0 Å². The van der Waals surface area contributed by atoms with Gasteiger partial charge in [0, 0.05) is 36.2 Å². The van der Waals surface area contributed by atoms with Crippen molar-refractivity contribution >= 4 is 11.4 Å². The van der Waals surface area contributed by atoms with Gasteiger partial charge in [-0.15, -0.1) is 0 Å². The number of rotatable bonds is 2. The number of anilines is 2. The van der Waals surface area contributed by atoms with Crippen LogP contribution in [0, 0.1) is 0 Å². The molecule has 2 aliphatic heterocycles. The highest BCUT2D eigenvalue weighted by Gasteiger charge is 2.21. The molecule has 0 saturated carbocycles. The molecule has 2 aromatic rings. The lowest BCUT2D eigenvalue weighted by Gasteiger charge is -2.29. The molecular weight excluding hydrogens is 388 g/mol. The first kappa shape index (κ1) is 22.0. The SMILES string of the molecule is CC(C)(C)c1ccccc1N1C=CC(=C2C=CN(c3ccccc3C(C)(C)C)C=C2)C=C1.